The SMILES string of the molecule is CCN(CC)c1ccc2c(c1)C(C)(C)C(/C=C/C=C/Nc1ccccc1)[NH+]2CCCO.[I-]. The first-order valence-electron chi connectivity index (χ1n) is 11.5. The highest BCUT2D eigenvalue weighted by Crippen LogP contribution is 2.39. The number of aliphatic hydroxyl groups is 1. The van der Waals surface area contributed by atoms with E-state index in [1.165, 1.54) is 21.8 Å². The van der Waals surface area contributed by atoms with Crippen LogP contribution in [0.5, 0.6) is 0 Å². The van der Waals surface area contributed by atoms with Gasteiger partial charge in [0.05, 0.1) is 12.0 Å². The maximum atomic E-state index is 9.47. The first-order chi connectivity index (χ1) is 15.0. The third-order valence-electron chi connectivity index (χ3n) is 6.46. The van der Waals surface area contributed by atoms with Gasteiger partial charge in [-0.05, 0) is 64.1 Å². The molecule has 0 bridgehead atoms. The number of hydrogen-bond acceptors (Lipinski definition) is 3. The van der Waals surface area contributed by atoms with E-state index in [1.54, 1.807) is 0 Å². The number of para-hydroxylation sites is 1. The number of quaternary nitrogens is 1. The van der Waals surface area contributed by atoms with Crippen LogP contribution in [0.2, 0.25) is 0 Å². The van der Waals surface area contributed by atoms with E-state index < -0.39 is 0 Å². The Balaban J connectivity index is 0.00000363. The van der Waals surface area contributed by atoms with E-state index in [9.17, 15) is 5.11 Å². The number of benzene rings is 2. The molecule has 2 unspecified atom stereocenters. The van der Waals surface area contributed by atoms with E-state index in [0.717, 1.165) is 31.7 Å². The van der Waals surface area contributed by atoms with Gasteiger partial charge in [0.15, 0.2) is 0 Å². The molecule has 0 spiro atoms. The second-order valence-corrected chi connectivity index (χ2v) is 8.71. The lowest BCUT2D eigenvalue weighted by molar-refractivity contribution is -0.850. The minimum absolute atomic E-state index is 0. The van der Waals surface area contributed by atoms with Crippen molar-refractivity contribution < 1.29 is 34.0 Å². The summed E-state index contributed by atoms with van der Waals surface area (Å²) in [6.45, 7) is 12.3. The summed E-state index contributed by atoms with van der Waals surface area (Å²) in [5.74, 6) is 0. The number of anilines is 2. The molecule has 0 amide bonds. The predicted octanol–water partition coefficient (Wildman–Crippen LogP) is 1.28. The molecule has 3 N–H and O–H groups in total. The molecule has 1 aliphatic rings. The van der Waals surface area contributed by atoms with Crippen molar-refractivity contribution in [2.45, 2.75) is 45.6 Å². The summed E-state index contributed by atoms with van der Waals surface area (Å²) in [7, 11) is 0. The number of allylic oxidation sites excluding steroid dienone is 2. The summed E-state index contributed by atoms with van der Waals surface area (Å²) < 4.78 is 0. The zero-order valence-electron chi connectivity index (χ0n) is 19.8. The van der Waals surface area contributed by atoms with Crippen LogP contribution >= 0.6 is 0 Å². The van der Waals surface area contributed by atoms with Crippen LogP contribution in [0.25, 0.3) is 0 Å². The molecule has 5 heteroatoms. The third kappa shape index (κ3) is 5.94. The van der Waals surface area contributed by atoms with Crippen LogP contribution in [0.15, 0.2) is 73.0 Å². The molecule has 2 atom stereocenters. The molecule has 2 aromatic carbocycles. The summed E-state index contributed by atoms with van der Waals surface area (Å²) in [6.07, 6.45) is 9.33. The molecule has 0 fully saturated rings. The second kappa shape index (κ2) is 12.4. The molecule has 2 aromatic rings. The maximum absolute atomic E-state index is 9.47. The maximum Gasteiger partial charge on any atom is 0.135 e. The van der Waals surface area contributed by atoms with Crippen LogP contribution in [-0.2, 0) is 5.41 Å². The normalized spacial score (nSPS) is 19.2. The zero-order chi connectivity index (χ0) is 22.3. The first-order valence-corrected chi connectivity index (χ1v) is 11.5. The molecule has 1 aliphatic heterocycles. The van der Waals surface area contributed by atoms with E-state index in [4.69, 9.17) is 0 Å². The number of nitrogens with zero attached hydrogens (tertiary/aromatic N) is 1. The molecule has 1 heterocycles. The summed E-state index contributed by atoms with van der Waals surface area (Å²) in [4.78, 5) is 3.85. The molecule has 32 heavy (non-hydrogen) atoms. The Kier molecular flexibility index (Phi) is 10.3. The van der Waals surface area contributed by atoms with Gasteiger partial charge in [-0.25, -0.2) is 0 Å². The monoisotopic (exact) mass is 547 g/mol. The molecule has 0 aromatic heterocycles. The lowest BCUT2D eigenvalue weighted by atomic mass is 9.80. The molecule has 0 aliphatic carbocycles. The van der Waals surface area contributed by atoms with Gasteiger partial charge in [0.1, 0.15) is 11.7 Å². The summed E-state index contributed by atoms with van der Waals surface area (Å²) in [6, 6.07) is 17.5. The number of rotatable bonds is 10. The molecule has 174 valence electrons. The highest BCUT2D eigenvalue weighted by Gasteiger charge is 2.47. The smallest absolute Gasteiger partial charge is 0.135 e. The predicted molar refractivity (Wildman–Crippen MR) is 132 cm³/mol. The molecule has 0 radical (unpaired) electrons. The van der Waals surface area contributed by atoms with E-state index in [1.807, 2.05) is 24.4 Å². The molecular weight excluding hydrogens is 509 g/mol. The Morgan fingerprint density at radius 1 is 1.06 bits per heavy atom. The van der Waals surface area contributed by atoms with Gasteiger partial charge >= 0.3 is 0 Å². The summed E-state index contributed by atoms with van der Waals surface area (Å²) in [5, 5.41) is 12.8. The summed E-state index contributed by atoms with van der Waals surface area (Å²) >= 11 is 0. The van der Waals surface area contributed by atoms with E-state index in [-0.39, 0.29) is 36.0 Å². The Labute approximate surface area is 211 Å². The number of fused-ring (bicyclic) bond motifs is 1. The molecular formula is C27H38IN3O. The fourth-order valence-corrected chi connectivity index (χ4v) is 4.73. The fraction of sp³-hybridized carbons (Fsp3) is 0.407. The van der Waals surface area contributed by atoms with Crippen molar-refractivity contribution in [2.24, 2.45) is 0 Å². The van der Waals surface area contributed by atoms with Crippen LogP contribution in [0.4, 0.5) is 17.1 Å². The lowest BCUT2D eigenvalue weighted by Crippen LogP contribution is -3.10. The standard InChI is InChI=1S/C27H37N3O.HI/c1-5-29(6-2)23-16-17-25-24(21-23)27(3,4)26(30(25)19-12-20-31)15-10-11-18-28-22-13-8-7-9-14-22;/h7-11,13-18,21,26,28,31H,5-6,12,19-20H2,1-4H3;1H/b15-10+,18-11+;. The van der Waals surface area contributed by atoms with Gasteiger partial charge < -0.3 is 39.3 Å². The van der Waals surface area contributed by atoms with Gasteiger partial charge in [-0.1, -0.05) is 24.3 Å². The van der Waals surface area contributed by atoms with Gasteiger partial charge in [-0.15, -0.1) is 0 Å². The Hall–Kier alpha value is -1.83. The van der Waals surface area contributed by atoms with Crippen molar-refractivity contribution in [2.75, 3.05) is 36.5 Å². The van der Waals surface area contributed by atoms with Gasteiger partial charge in [-0.2, -0.15) is 0 Å². The largest absolute Gasteiger partial charge is 1.00 e. The van der Waals surface area contributed by atoms with Crippen LogP contribution < -0.4 is 39.1 Å². The number of hydrogen-bond donors (Lipinski definition) is 3. The highest BCUT2D eigenvalue weighted by atomic mass is 127. The van der Waals surface area contributed by atoms with Crippen molar-refractivity contribution in [3.8, 4) is 0 Å². The average molecular weight is 548 g/mol. The van der Waals surface area contributed by atoms with E-state index in [2.05, 4.69) is 86.5 Å². The van der Waals surface area contributed by atoms with Crippen molar-refractivity contribution in [3.63, 3.8) is 0 Å². The van der Waals surface area contributed by atoms with Crippen LogP contribution in [0.1, 0.15) is 39.7 Å². The van der Waals surface area contributed by atoms with Gasteiger partial charge in [0.2, 0.25) is 0 Å². The topological polar surface area (TPSA) is 39.9 Å². The molecule has 0 saturated heterocycles. The number of halogens is 1. The van der Waals surface area contributed by atoms with E-state index in [0.29, 0.717) is 6.04 Å². The van der Waals surface area contributed by atoms with E-state index >= 15 is 0 Å². The number of aliphatic hydroxyl groups excluding tert-OH is 1. The zero-order valence-corrected chi connectivity index (χ0v) is 22.0. The quantitative estimate of drug-likeness (QED) is 0.310. The summed E-state index contributed by atoms with van der Waals surface area (Å²) in [5.41, 5.74) is 5.19. The Morgan fingerprint density at radius 3 is 2.44 bits per heavy atom. The minimum atomic E-state index is 0. The molecule has 4 nitrogen and oxygen atoms in total. The Morgan fingerprint density at radius 2 is 1.78 bits per heavy atom. The minimum Gasteiger partial charge on any atom is -1.00 e. The van der Waals surface area contributed by atoms with Crippen molar-refractivity contribution >= 4 is 17.1 Å². The third-order valence-corrected chi connectivity index (χ3v) is 6.46. The molecule has 0 saturated carbocycles. The van der Waals surface area contributed by atoms with Crippen LogP contribution in [0.3, 0.4) is 0 Å². The van der Waals surface area contributed by atoms with Gasteiger partial charge in [0, 0.05) is 55.3 Å². The van der Waals surface area contributed by atoms with Crippen LogP contribution in [-0.4, -0.2) is 37.4 Å². The van der Waals surface area contributed by atoms with Crippen molar-refractivity contribution in [3.05, 3.63) is 78.5 Å². The number of nitrogens with one attached hydrogen (secondary N) is 2. The molecule has 3 rings (SSSR count). The van der Waals surface area contributed by atoms with Crippen molar-refractivity contribution in [1.82, 2.24) is 0 Å². The first kappa shape index (κ1) is 26.4. The average Bonchev–Trinajstić information content (AvgIpc) is 2.99. The van der Waals surface area contributed by atoms with Gasteiger partial charge in [0.25, 0.3) is 0 Å². The second-order valence-electron chi connectivity index (χ2n) is 8.71. The van der Waals surface area contributed by atoms with Crippen molar-refractivity contribution in [1.29, 1.82) is 0 Å². The van der Waals surface area contributed by atoms with Crippen LogP contribution in [0, 0.1) is 0 Å². The lowest BCUT2D eigenvalue weighted by Gasteiger charge is -2.27. The fourth-order valence-electron chi connectivity index (χ4n) is 4.73. The van der Waals surface area contributed by atoms with Gasteiger partial charge in [-0.3, -0.25) is 4.90 Å². The Bertz CT molecular complexity index is 891. The highest BCUT2D eigenvalue weighted by molar-refractivity contribution is 5.60.